The van der Waals surface area contributed by atoms with Crippen molar-refractivity contribution in [1.82, 2.24) is 4.57 Å². The van der Waals surface area contributed by atoms with Gasteiger partial charge in [0.15, 0.2) is 0 Å². The average molecular weight is 434 g/mol. The minimum Gasteiger partial charge on any atom is -0.456 e. The number of rotatable bonds is 1. The van der Waals surface area contributed by atoms with Gasteiger partial charge < -0.3 is 8.98 Å². The van der Waals surface area contributed by atoms with E-state index in [-0.39, 0.29) is 0 Å². The molecule has 0 bridgehead atoms. The summed E-state index contributed by atoms with van der Waals surface area (Å²) in [5, 5.41) is 9.74. The van der Waals surface area contributed by atoms with Crippen LogP contribution in [-0.2, 0) is 0 Å². The molecule has 2 aromatic heterocycles. The van der Waals surface area contributed by atoms with Gasteiger partial charge >= 0.3 is 0 Å². The van der Waals surface area contributed by atoms with Crippen molar-refractivity contribution in [2.24, 2.45) is 0 Å². The Morgan fingerprint density at radius 2 is 1.12 bits per heavy atom. The van der Waals surface area contributed by atoms with Crippen LogP contribution in [0, 0.1) is 0 Å². The van der Waals surface area contributed by atoms with Crippen LogP contribution >= 0.6 is 0 Å². The molecule has 0 spiro atoms. The van der Waals surface area contributed by atoms with Crippen molar-refractivity contribution < 1.29 is 4.42 Å². The van der Waals surface area contributed by atoms with E-state index in [4.69, 9.17) is 4.42 Å². The van der Waals surface area contributed by atoms with Gasteiger partial charge in [-0.15, -0.1) is 0 Å². The molecule has 0 amide bonds. The topological polar surface area (TPSA) is 18.1 Å². The fraction of sp³-hybridized carbons (Fsp3) is 0. The number of benzene rings is 6. The Morgan fingerprint density at radius 1 is 0.441 bits per heavy atom. The van der Waals surface area contributed by atoms with E-state index in [1.807, 2.05) is 0 Å². The lowest BCUT2D eigenvalue weighted by atomic mass is 9.97. The molecule has 0 aliphatic carbocycles. The monoisotopic (exact) mass is 433 g/mol. The number of nitrogens with zero attached hydrogens (tertiary/aromatic N) is 1. The van der Waals surface area contributed by atoms with Gasteiger partial charge in [-0.3, -0.25) is 0 Å². The van der Waals surface area contributed by atoms with E-state index in [1.165, 1.54) is 48.6 Å². The highest BCUT2D eigenvalue weighted by molar-refractivity contribution is 6.31. The van der Waals surface area contributed by atoms with Gasteiger partial charge in [0.05, 0.1) is 11.0 Å². The maximum Gasteiger partial charge on any atom is 0.138 e. The summed E-state index contributed by atoms with van der Waals surface area (Å²) in [5.74, 6) is 0. The molecule has 6 aromatic carbocycles. The summed E-state index contributed by atoms with van der Waals surface area (Å²) in [6, 6.07) is 41.0. The summed E-state index contributed by atoms with van der Waals surface area (Å²) >= 11 is 0. The Balaban J connectivity index is 1.72. The second kappa shape index (κ2) is 6.49. The minimum atomic E-state index is 0.904. The second-order valence-electron chi connectivity index (χ2n) is 8.95. The molecule has 34 heavy (non-hydrogen) atoms. The van der Waals surface area contributed by atoms with Crippen LogP contribution in [0.5, 0.6) is 0 Å². The highest BCUT2D eigenvalue weighted by Crippen LogP contribution is 2.43. The number of fused-ring (bicyclic) bond motifs is 5. The predicted molar refractivity (Wildman–Crippen MR) is 143 cm³/mol. The van der Waals surface area contributed by atoms with E-state index < -0.39 is 0 Å². The van der Waals surface area contributed by atoms with Crippen LogP contribution in [0.2, 0.25) is 0 Å². The smallest absolute Gasteiger partial charge is 0.138 e. The number of hydrogen-bond acceptors (Lipinski definition) is 1. The number of para-hydroxylation sites is 2. The molecule has 8 rings (SSSR count). The zero-order chi connectivity index (χ0) is 22.2. The molecule has 0 aliphatic heterocycles. The number of hydrogen-bond donors (Lipinski definition) is 0. The van der Waals surface area contributed by atoms with Crippen molar-refractivity contribution in [3.8, 4) is 5.69 Å². The summed E-state index contributed by atoms with van der Waals surface area (Å²) in [6.07, 6.45) is 0. The molecular weight excluding hydrogens is 414 g/mol. The lowest BCUT2D eigenvalue weighted by Gasteiger charge is -2.09. The van der Waals surface area contributed by atoms with Crippen LogP contribution in [0.1, 0.15) is 0 Å². The highest BCUT2D eigenvalue weighted by Gasteiger charge is 2.19. The van der Waals surface area contributed by atoms with Crippen LogP contribution in [0.4, 0.5) is 0 Å². The molecule has 158 valence electrons. The molecule has 0 aliphatic rings. The molecule has 0 unspecified atom stereocenters. The van der Waals surface area contributed by atoms with Gasteiger partial charge in [0, 0.05) is 33.3 Å². The molecule has 8 aromatic rings. The normalized spacial score (nSPS) is 12.1. The maximum atomic E-state index is 6.73. The van der Waals surface area contributed by atoms with E-state index in [0.717, 1.165) is 22.4 Å². The molecule has 0 saturated carbocycles. The fourth-order valence-electron chi connectivity index (χ4n) is 5.80. The van der Waals surface area contributed by atoms with Crippen LogP contribution in [0.3, 0.4) is 0 Å². The third-order valence-corrected chi connectivity index (χ3v) is 7.15. The van der Waals surface area contributed by atoms with Gasteiger partial charge in [0.2, 0.25) is 0 Å². The van der Waals surface area contributed by atoms with Crippen molar-refractivity contribution in [3.63, 3.8) is 0 Å². The first-order chi connectivity index (χ1) is 16.9. The molecular formula is C32H19NO. The first kappa shape index (κ1) is 17.9. The van der Waals surface area contributed by atoms with Crippen LogP contribution in [0.15, 0.2) is 120 Å². The second-order valence-corrected chi connectivity index (χ2v) is 8.95. The zero-order valence-corrected chi connectivity index (χ0v) is 18.3. The van der Waals surface area contributed by atoms with Crippen molar-refractivity contribution in [1.29, 1.82) is 0 Å². The third kappa shape index (κ3) is 2.24. The summed E-state index contributed by atoms with van der Waals surface area (Å²) in [4.78, 5) is 0. The predicted octanol–water partition coefficient (Wildman–Crippen LogP) is 8.99. The molecule has 0 radical (unpaired) electrons. The first-order valence-electron chi connectivity index (χ1n) is 11.6. The van der Waals surface area contributed by atoms with Crippen LogP contribution in [-0.4, -0.2) is 4.57 Å². The molecule has 2 nitrogen and oxygen atoms in total. The Morgan fingerprint density at radius 3 is 2.00 bits per heavy atom. The van der Waals surface area contributed by atoms with Crippen molar-refractivity contribution >= 4 is 65.3 Å². The van der Waals surface area contributed by atoms with Crippen molar-refractivity contribution in [2.75, 3.05) is 0 Å². The Labute approximate surface area is 195 Å². The lowest BCUT2D eigenvalue weighted by Crippen LogP contribution is -1.93. The highest BCUT2D eigenvalue weighted by atomic mass is 16.3. The Hall–Kier alpha value is -4.56. The SMILES string of the molecule is c1ccc(-n2c3ccccc3c3c4cccc5c6cccc7cccc(oc(cc32)c54)c76)cc1. The summed E-state index contributed by atoms with van der Waals surface area (Å²) in [6.45, 7) is 0. The largest absolute Gasteiger partial charge is 0.456 e. The van der Waals surface area contributed by atoms with Gasteiger partial charge in [0.1, 0.15) is 11.2 Å². The van der Waals surface area contributed by atoms with E-state index in [0.29, 0.717) is 0 Å². The minimum absolute atomic E-state index is 0.904. The summed E-state index contributed by atoms with van der Waals surface area (Å²) in [7, 11) is 0. The Bertz CT molecular complexity index is 2050. The Kier molecular flexibility index (Phi) is 3.42. The average Bonchev–Trinajstić information content (AvgIpc) is 3.15. The molecule has 0 N–H and O–H groups in total. The van der Waals surface area contributed by atoms with Crippen LogP contribution in [0.25, 0.3) is 71.0 Å². The van der Waals surface area contributed by atoms with Crippen molar-refractivity contribution in [2.45, 2.75) is 0 Å². The van der Waals surface area contributed by atoms with Gasteiger partial charge in [-0.05, 0) is 45.8 Å². The molecule has 2 heteroatoms. The fourth-order valence-corrected chi connectivity index (χ4v) is 5.80. The van der Waals surface area contributed by atoms with Crippen LogP contribution < -0.4 is 0 Å². The molecule has 2 heterocycles. The lowest BCUT2D eigenvalue weighted by molar-refractivity contribution is 0.664. The summed E-state index contributed by atoms with van der Waals surface area (Å²) < 4.78 is 9.08. The van der Waals surface area contributed by atoms with Gasteiger partial charge in [-0.1, -0.05) is 84.9 Å². The van der Waals surface area contributed by atoms with Crippen molar-refractivity contribution in [3.05, 3.63) is 115 Å². The first-order valence-corrected chi connectivity index (χ1v) is 11.6. The quantitative estimate of drug-likeness (QED) is 0.253. The van der Waals surface area contributed by atoms with Gasteiger partial charge in [-0.25, -0.2) is 0 Å². The molecule has 0 saturated heterocycles. The standard InChI is InChI=1S/C32H19NO/c1-2-11-21(12-3-1)33-26-17-5-4-13-24(26)31-25-16-8-15-23-22-14-6-9-20-10-7-18-28(30(20)22)34-29(32(23)25)19-27(31)33/h1-19H. The summed E-state index contributed by atoms with van der Waals surface area (Å²) in [5.41, 5.74) is 5.32. The molecule has 0 fully saturated rings. The maximum absolute atomic E-state index is 6.73. The van der Waals surface area contributed by atoms with Gasteiger partial charge in [0.25, 0.3) is 0 Å². The van der Waals surface area contributed by atoms with E-state index in [2.05, 4.69) is 120 Å². The number of aromatic nitrogens is 1. The van der Waals surface area contributed by atoms with E-state index in [1.54, 1.807) is 0 Å². The zero-order valence-electron chi connectivity index (χ0n) is 18.3. The van der Waals surface area contributed by atoms with Gasteiger partial charge in [-0.2, -0.15) is 0 Å². The molecule has 0 atom stereocenters. The van der Waals surface area contributed by atoms with E-state index in [9.17, 15) is 0 Å². The third-order valence-electron chi connectivity index (χ3n) is 7.15. The van der Waals surface area contributed by atoms with E-state index >= 15 is 0 Å².